The number of urea groups is 1. The van der Waals surface area contributed by atoms with Crippen LogP contribution in [0.25, 0.3) is 0 Å². The zero-order valence-electron chi connectivity index (χ0n) is 17.5. The van der Waals surface area contributed by atoms with Crippen molar-refractivity contribution in [3.05, 3.63) is 96.1 Å². The van der Waals surface area contributed by atoms with Crippen molar-refractivity contribution in [2.24, 2.45) is 0 Å². The molecule has 0 aliphatic rings. The lowest BCUT2D eigenvalue weighted by Gasteiger charge is -2.18. The molecule has 6 nitrogen and oxygen atoms in total. The van der Waals surface area contributed by atoms with Gasteiger partial charge in [-0.25, -0.2) is 4.79 Å². The van der Waals surface area contributed by atoms with Crippen LogP contribution in [0.2, 0.25) is 0 Å². The van der Waals surface area contributed by atoms with E-state index in [1.54, 1.807) is 24.3 Å². The normalized spacial score (nSPS) is 10.5. The van der Waals surface area contributed by atoms with E-state index in [2.05, 4.69) is 40.2 Å². The maximum Gasteiger partial charge on any atom is 0.319 e. The quantitative estimate of drug-likeness (QED) is 0.475. The van der Waals surface area contributed by atoms with E-state index in [1.165, 1.54) is 18.2 Å². The molecule has 0 heterocycles. The molecule has 3 aromatic rings. The molecule has 0 aromatic heterocycles. The summed E-state index contributed by atoms with van der Waals surface area (Å²) in [7, 11) is 1.46. The first kappa shape index (κ1) is 22.1. The predicted molar refractivity (Wildman–Crippen MR) is 123 cm³/mol. The maximum atomic E-state index is 12.4. The molecule has 0 atom stereocenters. The van der Waals surface area contributed by atoms with Gasteiger partial charge in [0.1, 0.15) is 6.61 Å². The molecule has 0 aliphatic carbocycles. The van der Waals surface area contributed by atoms with Crippen molar-refractivity contribution < 1.29 is 14.3 Å². The van der Waals surface area contributed by atoms with Crippen molar-refractivity contribution in [2.45, 2.75) is 12.3 Å². The first-order valence-corrected chi connectivity index (χ1v) is 10.2. The molecular formula is C25H27N3O3. The molecule has 6 heteroatoms. The summed E-state index contributed by atoms with van der Waals surface area (Å²) in [6.45, 7) is 0.493. The Bertz CT molecular complexity index is 938. The van der Waals surface area contributed by atoms with Gasteiger partial charge in [0.25, 0.3) is 0 Å². The van der Waals surface area contributed by atoms with Crippen LogP contribution < -0.4 is 16.0 Å². The number of amides is 3. The predicted octanol–water partition coefficient (Wildman–Crippen LogP) is 4.62. The Labute approximate surface area is 182 Å². The minimum absolute atomic E-state index is 0.0257. The van der Waals surface area contributed by atoms with Crippen LogP contribution in [0.15, 0.2) is 84.9 Å². The molecule has 3 N–H and O–H groups in total. The number of methoxy groups -OCH3 is 1. The van der Waals surface area contributed by atoms with Crippen LogP contribution in [0.1, 0.15) is 23.5 Å². The van der Waals surface area contributed by atoms with Crippen LogP contribution in [-0.2, 0) is 9.53 Å². The van der Waals surface area contributed by atoms with Gasteiger partial charge in [-0.3, -0.25) is 4.79 Å². The van der Waals surface area contributed by atoms with Crippen LogP contribution in [0, 0.1) is 0 Å². The van der Waals surface area contributed by atoms with E-state index < -0.39 is 0 Å². The van der Waals surface area contributed by atoms with Crippen molar-refractivity contribution in [3.8, 4) is 0 Å². The first-order chi connectivity index (χ1) is 15.2. The van der Waals surface area contributed by atoms with Crippen LogP contribution >= 0.6 is 0 Å². The zero-order chi connectivity index (χ0) is 21.9. The molecule has 0 bridgehead atoms. The number of carbonyl (C=O) groups is 2. The van der Waals surface area contributed by atoms with E-state index in [0.29, 0.717) is 17.9 Å². The van der Waals surface area contributed by atoms with Gasteiger partial charge in [-0.05, 0) is 35.7 Å². The standard InChI is InChI=1S/C25H27N3O3/c1-31-18-24(29)27-21-13-8-14-22(17-21)28-25(30)26-16-15-23(19-9-4-2-5-10-19)20-11-6-3-7-12-20/h2-14,17,23H,15-16,18H2,1H3,(H,27,29)(H2,26,28,30). The molecule has 0 aliphatic heterocycles. The lowest BCUT2D eigenvalue weighted by molar-refractivity contribution is -0.119. The summed E-state index contributed by atoms with van der Waals surface area (Å²) in [5.74, 6) is -0.0565. The summed E-state index contributed by atoms with van der Waals surface area (Å²) < 4.78 is 4.81. The molecular weight excluding hydrogens is 390 g/mol. The Morgan fingerprint density at radius 3 is 1.97 bits per heavy atom. The van der Waals surface area contributed by atoms with Gasteiger partial charge in [0.2, 0.25) is 5.91 Å². The first-order valence-electron chi connectivity index (χ1n) is 10.2. The molecule has 0 saturated carbocycles. The lowest BCUT2D eigenvalue weighted by Crippen LogP contribution is -2.30. The summed E-state index contributed by atoms with van der Waals surface area (Å²) in [4.78, 5) is 24.0. The molecule has 3 aromatic carbocycles. The zero-order valence-corrected chi connectivity index (χ0v) is 17.5. The van der Waals surface area contributed by atoms with Gasteiger partial charge < -0.3 is 20.7 Å². The monoisotopic (exact) mass is 417 g/mol. The summed E-state index contributed by atoms with van der Waals surface area (Å²) in [5, 5.41) is 8.45. The highest BCUT2D eigenvalue weighted by atomic mass is 16.5. The van der Waals surface area contributed by atoms with Crippen molar-refractivity contribution in [1.82, 2.24) is 5.32 Å². The number of hydrogen-bond acceptors (Lipinski definition) is 3. The summed E-state index contributed by atoms with van der Waals surface area (Å²) in [5.41, 5.74) is 3.62. The Kier molecular flexibility index (Phi) is 8.20. The van der Waals surface area contributed by atoms with Gasteiger partial charge in [0.15, 0.2) is 0 Å². The van der Waals surface area contributed by atoms with E-state index in [0.717, 1.165) is 6.42 Å². The van der Waals surface area contributed by atoms with Crippen LogP contribution in [0.3, 0.4) is 0 Å². The smallest absolute Gasteiger partial charge is 0.319 e. The van der Waals surface area contributed by atoms with Gasteiger partial charge in [0.05, 0.1) is 0 Å². The molecule has 3 amide bonds. The van der Waals surface area contributed by atoms with Gasteiger partial charge >= 0.3 is 6.03 Å². The Morgan fingerprint density at radius 2 is 1.39 bits per heavy atom. The molecule has 0 radical (unpaired) electrons. The third-order valence-electron chi connectivity index (χ3n) is 4.80. The number of anilines is 2. The van der Waals surface area contributed by atoms with Gasteiger partial charge in [-0.2, -0.15) is 0 Å². The fraction of sp³-hybridized carbons (Fsp3) is 0.200. The summed E-state index contributed by atoms with van der Waals surface area (Å²) in [6, 6.07) is 27.3. The highest BCUT2D eigenvalue weighted by molar-refractivity contribution is 5.94. The number of rotatable bonds is 9. The number of benzene rings is 3. The summed E-state index contributed by atoms with van der Waals surface area (Å²) >= 11 is 0. The number of hydrogen-bond donors (Lipinski definition) is 3. The van der Waals surface area contributed by atoms with Crippen molar-refractivity contribution in [2.75, 3.05) is 30.9 Å². The van der Waals surface area contributed by atoms with Crippen LogP contribution in [-0.4, -0.2) is 32.2 Å². The van der Waals surface area contributed by atoms with E-state index >= 15 is 0 Å². The Balaban J connectivity index is 1.56. The average Bonchev–Trinajstić information content (AvgIpc) is 2.78. The fourth-order valence-electron chi connectivity index (χ4n) is 3.40. The largest absolute Gasteiger partial charge is 0.375 e. The number of nitrogens with one attached hydrogen (secondary N) is 3. The second kappa shape index (κ2) is 11.5. The highest BCUT2D eigenvalue weighted by Gasteiger charge is 2.14. The second-order valence-corrected chi connectivity index (χ2v) is 7.11. The van der Waals surface area contributed by atoms with Crippen molar-refractivity contribution in [1.29, 1.82) is 0 Å². The SMILES string of the molecule is COCC(=O)Nc1cccc(NC(=O)NCCC(c2ccccc2)c2ccccc2)c1. The van der Waals surface area contributed by atoms with E-state index in [9.17, 15) is 9.59 Å². The van der Waals surface area contributed by atoms with Crippen molar-refractivity contribution in [3.63, 3.8) is 0 Å². The minimum Gasteiger partial charge on any atom is -0.375 e. The average molecular weight is 418 g/mol. The second-order valence-electron chi connectivity index (χ2n) is 7.11. The maximum absolute atomic E-state index is 12.4. The number of ether oxygens (including phenoxy) is 1. The Morgan fingerprint density at radius 1 is 0.806 bits per heavy atom. The van der Waals surface area contributed by atoms with Crippen molar-refractivity contribution >= 4 is 23.3 Å². The van der Waals surface area contributed by atoms with Crippen LogP contribution in [0.5, 0.6) is 0 Å². The third kappa shape index (κ3) is 6.97. The van der Waals surface area contributed by atoms with Gasteiger partial charge in [-0.1, -0.05) is 66.7 Å². The molecule has 0 fully saturated rings. The minimum atomic E-state index is -0.291. The van der Waals surface area contributed by atoms with E-state index in [4.69, 9.17) is 4.74 Å². The number of carbonyl (C=O) groups excluding carboxylic acids is 2. The van der Waals surface area contributed by atoms with Gasteiger partial charge in [0, 0.05) is 30.9 Å². The Hall–Kier alpha value is -3.64. The summed E-state index contributed by atoms with van der Waals surface area (Å²) in [6.07, 6.45) is 0.772. The molecule has 0 saturated heterocycles. The molecule has 31 heavy (non-hydrogen) atoms. The topological polar surface area (TPSA) is 79.5 Å². The van der Waals surface area contributed by atoms with Crippen LogP contribution in [0.4, 0.5) is 16.2 Å². The van der Waals surface area contributed by atoms with E-state index in [-0.39, 0.29) is 24.5 Å². The molecule has 160 valence electrons. The van der Waals surface area contributed by atoms with Gasteiger partial charge in [-0.15, -0.1) is 0 Å². The molecule has 0 unspecified atom stereocenters. The highest BCUT2D eigenvalue weighted by Crippen LogP contribution is 2.27. The molecule has 3 rings (SSSR count). The third-order valence-corrected chi connectivity index (χ3v) is 4.80. The van der Waals surface area contributed by atoms with E-state index in [1.807, 2.05) is 36.4 Å². The lowest BCUT2D eigenvalue weighted by atomic mass is 9.88. The fourth-order valence-corrected chi connectivity index (χ4v) is 3.40. The molecule has 0 spiro atoms.